The molecule has 0 spiro atoms. The lowest BCUT2D eigenvalue weighted by molar-refractivity contribution is 0.0908. The lowest BCUT2D eigenvalue weighted by Crippen LogP contribution is -2.16. The standard InChI is InChI=1S/C25H27ClN2O5S/c1-7-34(31,32)24-15(3)12-19(22(26)16(24)4)23(30)21-17(5)27-28(6)25(21)33-13-20(29)18-10-8-14(2)9-11-18/h8-12H,7,13H2,1-6H3. The zero-order valence-corrected chi connectivity index (χ0v) is 21.6. The molecule has 180 valence electrons. The molecule has 3 rings (SSSR count). The van der Waals surface area contributed by atoms with E-state index in [1.54, 1.807) is 46.9 Å². The number of sulfone groups is 1. The van der Waals surface area contributed by atoms with Crippen molar-refractivity contribution in [2.45, 2.75) is 39.5 Å². The van der Waals surface area contributed by atoms with Gasteiger partial charge in [-0.1, -0.05) is 48.4 Å². The van der Waals surface area contributed by atoms with E-state index < -0.39 is 15.6 Å². The Labute approximate surface area is 204 Å². The largest absolute Gasteiger partial charge is 0.469 e. The van der Waals surface area contributed by atoms with Crippen LogP contribution in [0.1, 0.15) is 55.6 Å². The van der Waals surface area contributed by atoms with Crippen LogP contribution in [0.3, 0.4) is 0 Å². The molecular formula is C25H27ClN2O5S. The van der Waals surface area contributed by atoms with Crippen molar-refractivity contribution in [1.82, 2.24) is 9.78 Å². The maximum atomic E-state index is 13.6. The highest BCUT2D eigenvalue weighted by Gasteiger charge is 2.29. The van der Waals surface area contributed by atoms with Crippen molar-refractivity contribution in [3.8, 4) is 5.88 Å². The molecule has 3 aromatic rings. The summed E-state index contributed by atoms with van der Waals surface area (Å²) in [4.78, 5) is 26.3. The van der Waals surface area contributed by atoms with E-state index in [-0.39, 0.29) is 45.1 Å². The minimum atomic E-state index is -3.52. The second-order valence-corrected chi connectivity index (χ2v) is 10.8. The maximum absolute atomic E-state index is 13.6. The topological polar surface area (TPSA) is 95.3 Å². The van der Waals surface area contributed by atoms with Crippen LogP contribution in [0.2, 0.25) is 5.02 Å². The molecule has 9 heteroatoms. The van der Waals surface area contributed by atoms with E-state index in [4.69, 9.17) is 16.3 Å². The molecule has 0 aliphatic carbocycles. The fourth-order valence-corrected chi connectivity index (χ4v) is 5.58. The summed E-state index contributed by atoms with van der Waals surface area (Å²) in [6, 6.07) is 8.60. The third-order valence-corrected chi connectivity index (χ3v) is 8.17. The number of carbonyl (C=O) groups excluding carboxylic acids is 2. The van der Waals surface area contributed by atoms with Crippen LogP contribution < -0.4 is 4.74 Å². The Morgan fingerprint density at radius 3 is 2.29 bits per heavy atom. The van der Waals surface area contributed by atoms with Crippen LogP contribution in [-0.4, -0.2) is 42.1 Å². The Hall–Kier alpha value is -2.97. The van der Waals surface area contributed by atoms with E-state index >= 15 is 0 Å². The van der Waals surface area contributed by atoms with E-state index in [2.05, 4.69) is 5.10 Å². The van der Waals surface area contributed by atoms with Crippen molar-refractivity contribution in [2.75, 3.05) is 12.4 Å². The number of halogens is 1. The van der Waals surface area contributed by atoms with Gasteiger partial charge in [0.25, 0.3) is 0 Å². The molecule has 0 bridgehead atoms. The Bertz CT molecular complexity index is 1390. The normalized spacial score (nSPS) is 11.5. The number of aromatic nitrogens is 2. The van der Waals surface area contributed by atoms with Crippen LogP contribution in [0.5, 0.6) is 5.88 Å². The van der Waals surface area contributed by atoms with Gasteiger partial charge >= 0.3 is 0 Å². The number of rotatable bonds is 8. The molecule has 2 aromatic carbocycles. The average molecular weight is 503 g/mol. The minimum absolute atomic E-state index is 0.0626. The average Bonchev–Trinajstić information content (AvgIpc) is 3.07. The third kappa shape index (κ3) is 4.79. The molecule has 0 N–H and O–H groups in total. The van der Waals surface area contributed by atoms with Gasteiger partial charge in [-0.25, -0.2) is 13.1 Å². The highest BCUT2D eigenvalue weighted by Crippen LogP contribution is 2.34. The second kappa shape index (κ2) is 9.72. The number of aryl methyl sites for hydroxylation is 4. The maximum Gasteiger partial charge on any atom is 0.223 e. The summed E-state index contributed by atoms with van der Waals surface area (Å²) in [6.07, 6.45) is 0. The first-order valence-corrected chi connectivity index (χ1v) is 12.8. The first-order valence-electron chi connectivity index (χ1n) is 10.7. The van der Waals surface area contributed by atoms with Crippen LogP contribution in [0.25, 0.3) is 0 Å². The lowest BCUT2D eigenvalue weighted by atomic mass is 9.99. The predicted octanol–water partition coefficient (Wildman–Crippen LogP) is 4.59. The van der Waals surface area contributed by atoms with Crippen molar-refractivity contribution in [2.24, 2.45) is 7.05 Å². The summed E-state index contributed by atoms with van der Waals surface area (Å²) in [6.45, 7) is 8.09. The van der Waals surface area contributed by atoms with Gasteiger partial charge in [-0.3, -0.25) is 9.59 Å². The molecule has 0 saturated carbocycles. The van der Waals surface area contributed by atoms with Gasteiger partial charge in [0.2, 0.25) is 11.7 Å². The molecule has 1 aromatic heterocycles. The van der Waals surface area contributed by atoms with Crippen LogP contribution >= 0.6 is 11.6 Å². The summed E-state index contributed by atoms with van der Waals surface area (Å²) < 4.78 is 32.2. The van der Waals surface area contributed by atoms with Gasteiger partial charge in [-0.05, 0) is 44.9 Å². The van der Waals surface area contributed by atoms with E-state index in [0.29, 0.717) is 22.4 Å². The summed E-state index contributed by atoms with van der Waals surface area (Å²) in [5.74, 6) is -0.636. The number of hydrogen-bond donors (Lipinski definition) is 0. The van der Waals surface area contributed by atoms with Crippen LogP contribution in [0.15, 0.2) is 35.2 Å². The number of nitrogens with zero attached hydrogens (tertiary/aromatic N) is 2. The van der Waals surface area contributed by atoms with Crippen molar-refractivity contribution in [3.05, 3.63) is 74.4 Å². The van der Waals surface area contributed by atoms with Gasteiger partial charge in [-0.2, -0.15) is 5.10 Å². The van der Waals surface area contributed by atoms with E-state index in [9.17, 15) is 18.0 Å². The zero-order chi connectivity index (χ0) is 25.4. The molecule has 0 atom stereocenters. The number of Topliss-reactive ketones (excluding diaryl/α,β-unsaturated/α-hetero) is 1. The van der Waals surface area contributed by atoms with Crippen molar-refractivity contribution in [1.29, 1.82) is 0 Å². The van der Waals surface area contributed by atoms with Gasteiger partial charge in [0.1, 0.15) is 5.56 Å². The number of ketones is 2. The SMILES string of the molecule is CCS(=O)(=O)c1c(C)cc(C(=O)c2c(C)nn(C)c2OCC(=O)c2ccc(C)cc2)c(Cl)c1C. The van der Waals surface area contributed by atoms with E-state index in [1.807, 2.05) is 19.1 Å². The van der Waals surface area contributed by atoms with E-state index in [1.165, 1.54) is 10.7 Å². The molecule has 7 nitrogen and oxygen atoms in total. The molecule has 34 heavy (non-hydrogen) atoms. The van der Waals surface area contributed by atoms with Gasteiger partial charge < -0.3 is 4.74 Å². The van der Waals surface area contributed by atoms with Crippen molar-refractivity contribution in [3.63, 3.8) is 0 Å². The fraction of sp³-hybridized carbons (Fsp3) is 0.320. The fourth-order valence-electron chi connectivity index (χ4n) is 3.89. The summed E-state index contributed by atoms with van der Waals surface area (Å²) in [5.41, 5.74) is 3.02. The number of carbonyl (C=O) groups is 2. The molecule has 0 aliphatic heterocycles. The summed E-state index contributed by atoms with van der Waals surface area (Å²) in [5, 5.41) is 4.35. The number of benzene rings is 2. The quantitative estimate of drug-likeness (QED) is 0.418. The van der Waals surface area contributed by atoms with Gasteiger partial charge in [0.05, 0.1) is 21.4 Å². The predicted molar refractivity (Wildman–Crippen MR) is 131 cm³/mol. The number of ether oxygens (including phenoxy) is 1. The lowest BCUT2D eigenvalue weighted by Gasteiger charge is -2.15. The van der Waals surface area contributed by atoms with Gasteiger partial charge in [0.15, 0.2) is 22.2 Å². The van der Waals surface area contributed by atoms with E-state index in [0.717, 1.165) is 5.56 Å². The Kier molecular flexibility index (Phi) is 7.33. The van der Waals surface area contributed by atoms with Crippen molar-refractivity contribution >= 4 is 33.0 Å². The molecular weight excluding hydrogens is 476 g/mol. The Morgan fingerprint density at radius 1 is 1.09 bits per heavy atom. The Balaban J connectivity index is 1.99. The minimum Gasteiger partial charge on any atom is -0.469 e. The molecule has 0 aliphatic rings. The summed E-state index contributed by atoms with van der Waals surface area (Å²) >= 11 is 6.50. The van der Waals surface area contributed by atoms with Crippen LogP contribution in [0.4, 0.5) is 0 Å². The first-order chi connectivity index (χ1) is 15.9. The molecule has 0 saturated heterocycles. The van der Waals surface area contributed by atoms with Crippen molar-refractivity contribution < 1.29 is 22.7 Å². The third-order valence-electron chi connectivity index (χ3n) is 5.67. The monoisotopic (exact) mass is 502 g/mol. The highest BCUT2D eigenvalue weighted by atomic mass is 35.5. The molecule has 1 heterocycles. The number of hydrogen-bond acceptors (Lipinski definition) is 6. The molecule has 0 amide bonds. The Morgan fingerprint density at radius 2 is 1.71 bits per heavy atom. The zero-order valence-electron chi connectivity index (χ0n) is 20.0. The van der Waals surface area contributed by atoms with Crippen LogP contribution in [0, 0.1) is 27.7 Å². The molecule has 0 unspecified atom stereocenters. The highest BCUT2D eigenvalue weighted by molar-refractivity contribution is 7.91. The van der Waals surface area contributed by atoms with Gasteiger partial charge in [-0.15, -0.1) is 0 Å². The second-order valence-electron chi connectivity index (χ2n) is 8.21. The smallest absolute Gasteiger partial charge is 0.223 e. The molecule has 0 radical (unpaired) electrons. The molecule has 0 fully saturated rings. The van der Waals surface area contributed by atoms with Gasteiger partial charge in [0, 0.05) is 18.2 Å². The first kappa shape index (κ1) is 25.6. The van der Waals surface area contributed by atoms with Crippen LogP contribution in [-0.2, 0) is 16.9 Å². The summed E-state index contributed by atoms with van der Waals surface area (Å²) in [7, 11) is -1.91.